The van der Waals surface area contributed by atoms with Crippen molar-refractivity contribution in [1.29, 1.82) is 0 Å². The summed E-state index contributed by atoms with van der Waals surface area (Å²) in [4.78, 5) is 21.2. The van der Waals surface area contributed by atoms with Crippen LogP contribution in [0.15, 0.2) is 42.6 Å². The maximum absolute atomic E-state index is 14.1. The Morgan fingerprint density at radius 3 is 2.40 bits per heavy atom. The molecule has 4 aromatic rings. The molecule has 1 aromatic carbocycles. The predicted octanol–water partition coefficient (Wildman–Crippen LogP) is 8.59. The van der Waals surface area contributed by atoms with Gasteiger partial charge in [0.05, 0.1) is 13.3 Å². The molecule has 2 atom stereocenters. The molecule has 4 saturated carbocycles. The van der Waals surface area contributed by atoms with E-state index in [1.54, 1.807) is 7.11 Å². The first-order valence-corrected chi connectivity index (χ1v) is 19.5. The number of rotatable bonds is 11. The normalized spacial score (nSPS) is 27.2. The van der Waals surface area contributed by atoms with Gasteiger partial charge in [-0.05, 0) is 135 Å². The van der Waals surface area contributed by atoms with E-state index in [9.17, 15) is 9.90 Å². The van der Waals surface area contributed by atoms with E-state index in [0.717, 1.165) is 71.7 Å². The van der Waals surface area contributed by atoms with Gasteiger partial charge in [0.1, 0.15) is 18.2 Å². The third-order valence-electron chi connectivity index (χ3n) is 12.8. The first kappa shape index (κ1) is 36.0. The highest BCUT2D eigenvalue weighted by atomic mass is 35.5. The summed E-state index contributed by atoms with van der Waals surface area (Å²) in [5.41, 5.74) is 6.69. The molecule has 10 nitrogen and oxygen atoms in total. The molecule has 9 rings (SSSR count). The monoisotopic (exact) mass is 738 g/mol. The van der Waals surface area contributed by atoms with E-state index < -0.39 is 5.97 Å². The van der Waals surface area contributed by atoms with Gasteiger partial charge >= 0.3 is 5.97 Å². The maximum atomic E-state index is 14.1. The van der Waals surface area contributed by atoms with Crippen molar-refractivity contribution >= 4 is 29.2 Å². The first-order valence-electron chi connectivity index (χ1n) is 19.1. The van der Waals surface area contributed by atoms with Gasteiger partial charge in [0.15, 0.2) is 16.7 Å². The lowest BCUT2D eigenvalue weighted by Crippen LogP contribution is -2.60. The van der Waals surface area contributed by atoms with Crippen LogP contribution in [0, 0.1) is 35.5 Å². The van der Waals surface area contributed by atoms with Crippen molar-refractivity contribution in [2.45, 2.75) is 105 Å². The molecule has 4 bridgehead atoms. The standard InChI is InChI=1S/C42H51ClN6O4/c1-27-31-8-6-16-48(37(31)47-46-36(27)43)34-14-13-32(35(45-34)38(51)53-19-29-9-11-30(52-5)12-10-29)33-18-44-49(28(33)2)26-42-23-39(3)20-40(4,24-42)22-41(21-39,25-42)15-7-17-50/h9-14,18,50H,6-8,15-17,19-26H2,1-5H3. The Hall–Kier alpha value is -4.02. The summed E-state index contributed by atoms with van der Waals surface area (Å²) in [6, 6.07) is 11.4. The zero-order valence-electron chi connectivity index (χ0n) is 31.7. The van der Waals surface area contributed by atoms with Gasteiger partial charge in [-0.2, -0.15) is 5.10 Å². The predicted molar refractivity (Wildman–Crippen MR) is 205 cm³/mol. The van der Waals surface area contributed by atoms with Gasteiger partial charge in [-0.25, -0.2) is 9.78 Å². The summed E-state index contributed by atoms with van der Waals surface area (Å²) >= 11 is 6.36. The van der Waals surface area contributed by atoms with Crippen LogP contribution in [0.3, 0.4) is 0 Å². The Morgan fingerprint density at radius 2 is 1.68 bits per heavy atom. The molecule has 0 saturated heterocycles. The van der Waals surface area contributed by atoms with Crippen LogP contribution >= 0.6 is 11.6 Å². The third-order valence-corrected chi connectivity index (χ3v) is 13.1. The molecule has 0 amide bonds. The second kappa shape index (κ2) is 13.4. The fraction of sp³-hybridized carbons (Fsp3) is 0.548. The summed E-state index contributed by atoms with van der Waals surface area (Å²) in [6.07, 6.45) is 13.0. The lowest BCUT2D eigenvalue weighted by Gasteiger charge is -2.70. The van der Waals surface area contributed by atoms with Gasteiger partial charge in [-0.3, -0.25) is 4.68 Å². The van der Waals surface area contributed by atoms with Crippen molar-refractivity contribution in [3.05, 3.63) is 75.8 Å². The van der Waals surface area contributed by atoms with Crippen molar-refractivity contribution in [2.24, 2.45) is 21.7 Å². The van der Waals surface area contributed by atoms with Crippen molar-refractivity contribution < 1.29 is 19.4 Å². The minimum Gasteiger partial charge on any atom is -0.497 e. The fourth-order valence-corrected chi connectivity index (χ4v) is 12.1. The zero-order valence-corrected chi connectivity index (χ0v) is 32.4. The minimum atomic E-state index is -0.506. The number of aliphatic hydroxyl groups excluding tert-OH is 1. The van der Waals surface area contributed by atoms with E-state index >= 15 is 0 Å². The van der Waals surface area contributed by atoms with Crippen LogP contribution in [-0.2, 0) is 24.3 Å². The molecule has 4 fully saturated rings. The second-order valence-corrected chi connectivity index (χ2v) is 17.8. The molecule has 5 aliphatic rings. The number of benzene rings is 1. The number of aliphatic hydroxyl groups is 1. The largest absolute Gasteiger partial charge is 0.497 e. The van der Waals surface area contributed by atoms with Crippen LogP contribution < -0.4 is 9.64 Å². The quantitative estimate of drug-likeness (QED) is 0.151. The lowest BCUT2D eigenvalue weighted by atomic mass is 9.35. The Bertz CT molecular complexity index is 2030. The number of hydrogen-bond donors (Lipinski definition) is 1. The molecule has 53 heavy (non-hydrogen) atoms. The summed E-state index contributed by atoms with van der Waals surface area (Å²) in [5, 5.41) is 23.9. The van der Waals surface area contributed by atoms with Crippen LogP contribution in [0.5, 0.6) is 5.75 Å². The Labute approximate surface area is 317 Å². The highest BCUT2D eigenvalue weighted by molar-refractivity contribution is 6.30. The molecular weight excluding hydrogens is 688 g/mol. The highest BCUT2D eigenvalue weighted by Crippen LogP contribution is 2.75. The molecule has 1 N–H and O–H groups in total. The number of carbonyl (C=O) groups excluding carboxylic acids is 1. The molecule has 2 unspecified atom stereocenters. The zero-order chi connectivity index (χ0) is 37.2. The number of fused-ring (bicyclic) bond motifs is 1. The van der Waals surface area contributed by atoms with Gasteiger partial charge in [-0.1, -0.05) is 37.6 Å². The molecule has 4 heterocycles. The fourth-order valence-electron chi connectivity index (χ4n) is 12.0. The van der Waals surface area contributed by atoms with Crippen LogP contribution in [0.4, 0.5) is 11.6 Å². The maximum Gasteiger partial charge on any atom is 0.358 e. The number of pyridine rings is 1. The number of anilines is 2. The van der Waals surface area contributed by atoms with E-state index in [-0.39, 0.29) is 29.7 Å². The van der Waals surface area contributed by atoms with E-state index in [1.165, 1.54) is 38.5 Å². The Morgan fingerprint density at radius 1 is 0.943 bits per heavy atom. The number of esters is 1. The topological polar surface area (TPSA) is 115 Å². The molecule has 280 valence electrons. The number of halogens is 1. The first-order chi connectivity index (χ1) is 25.4. The van der Waals surface area contributed by atoms with Crippen molar-refractivity contribution in [2.75, 3.05) is 25.2 Å². The number of hydrogen-bond acceptors (Lipinski definition) is 9. The van der Waals surface area contributed by atoms with Gasteiger partial charge in [0.2, 0.25) is 0 Å². The number of nitrogens with zero attached hydrogens (tertiary/aromatic N) is 6. The van der Waals surface area contributed by atoms with Gasteiger partial charge in [0, 0.05) is 42.1 Å². The van der Waals surface area contributed by atoms with Crippen LogP contribution in [0.1, 0.15) is 105 Å². The molecule has 0 spiro atoms. The average Bonchev–Trinajstić information content (AvgIpc) is 3.47. The van der Waals surface area contributed by atoms with E-state index in [2.05, 4.69) is 35.7 Å². The van der Waals surface area contributed by atoms with Crippen molar-refractivity contribution in [3.63, 3.8) is 0 Å². The van der Waals surface area contributed by atoms with Gasteiger partial charge in [0.25, 0.3) is 0 Å². The summed E-state index contributed by atoms with van der Waals surface area (Å²) in [7, 11) is 1.63. The molecular formula is C42H51ClN6O4. The molecule has 0 radical (unpaired) electrons. The SMILES string of the molecule is COc1ccc(COC(=O)c2nc(N3CCCc4c3nnc(Cl)c4C)ccc2-c2cnn(CC34CC5(C)CC(C)(CC(CCCO)(C5)C3)C4)c2C)cc1. The van der Waals surface area contributed by atoms with E-state index in [0.29, 0.717) is 33.9 Å². The second-order valence-electron chi connectivity index (χ2n) is 17.5. The molecule has 3 aromatic heterocycles. The third kappa shape index (κ3) is 6.60. The van der Waals surface area contributed by atoms with Gasteiger partial charge < -0.3 is 19.5 Å². The number of aromatic nitrogens is 5. The average molecular weight is 739 g/mol. The highest BCUT2D eigenvalue weighted by Gasteiger charge is 2.65. The number of ether oxygens (including phenoxy) is 2. The van der Waals surface area contributed by atoms with Crippen molar-refractivity contribution in [3.8, 4) is 16.9 Å². The summed E-state index contributed by atoms with van der Waals surface area (Å²) in [6.45, 7) is 11.0. The lowest BCUT2D eigenvalue weighted by molar-refractivity contribution is -0.198. The molecule has 4 aliphatic carbocycles. The molecule has 11 heteroatoms. The van der Waals surface area contributed by atoms with Crippen molar-refractivity contribution in [1.82, 2.24) is 25.0 Å². The molecule has 1 aliphatic heterocycles. The minimum absolute atomic E-state index is 0.0974. The number of methoxy groups -OCH3 is 1. The van der Waals surface area contributed by atoms with E-state index in [1.807, 2.05) is 54.4 Å². The van der Waals surface area contributed by atoms with Crippen LogP contribution in [-0.4, -0.2) is 56.3 Å². The van der Waals surface area contributed by atoms with Crippen LogP contribution in [0.2, 0.25) is 5.15 Å². The summed E-state index contributed by atoms with van der Waals surface area (Å²) < 4.78 is 13.4. The summed E-state index contributed by atoms with van der Waals surface area (Å²) in [5.74, 6) is 1.56. The van der Waals surface area contributed by atoms with Crippen LogP contribution in [0.25, 0.3) is 11.1 Å². The van der Waals surface area contributed by atoms with Gasteiger partial charge in [-0.15, -0.1) is 10.2 Å². The number of carbonyl (C=O) groups is 1. The Kier molecular flexibility index (Phi) is 9.08. The Balaban J connectivity index is 1.14. The van der Waals surface area contributed by atoms with E-state index in [4.69, 9.17) is 31.2 Å². The smallest absolute Gasteiger partial charge is 0.358 e.